The fourth-order valence-corrected chi connectivity index (χ4v) is 3.15. The molecule has 0 bridgehead atoms. The van der Waals surface area contributed by atoms with E-state index in [1.165, 1.54) is 0 Å². The number of hydrogen-bond donors (Lipinski definition) is 3. The average molecular weight is 401 g/mol. The minimum absolute atomic E-state index is 0.0544. The monoisotopic (exact) mass is 400 g/mol. The molecule has 1 amide bonds. The van der Waals surface area contributed by atoms with Gasteiger partial charge in [-0.3, -0.25) is 9.59 Å². The summed E-state index contributed by atoms with van der Waals surface area (Å²) in [7, 11) is 0. The van der Waals surface area contributed by atoms with Crippen molar-refractivity contribution in [2.75, 3.05) is 6.54 Å². The van der Waals surface area contributed by atoms with Crippen LogP contribution in [0.2, 0.25) is 0 Å². The molecule has 1 saturated carbocycles. The molecule has 1 aliphatic rings. The summed E-state index contributed by atoms with van der Waals surface area (Å²) in [5.41, 5.74) is -1.26. The van der Waals surface area contributed by atoms with Gasteiger partial charge < -0.3 is 25.2 Å². The lowest BCUT2D eigenvalue weighted by Gasteiger charge is -2.32. The Labute approximate surface area is 167 Å². The second-order valence-corrected chi connectivity index (χ2v) is 9.45. The number of alkyl carbamates (subject to hydrolysis) is 1. The van der Waals surface area contributed by atoms with E-state index in [4.69, 9.17) is 14.6 Å². The van der Waals surface area contributed by atoms with E-state index in [9.17, 15) is 14.4 Å². The maximum absolute atomic E-state index is 12.6. The summed E-state index contributed by atoms with van der Waals surface area (Å²) < 4.78 is 10.7. The van der Waals surface area contributed by atoms with E-state index in [1.54, 1.807) is 41.5 Å². The zero-order valence-electron chi connectivity index (χ0n) is 18.0. The highest BCUT2D eigenvalue weighted by Gasteiger charge is 2.30. The fraction of sp³-hybridized carbons (Fsp3) is 0.850. The van der Waals surface area contributed by atoms with Crippen molar-refractivity contribution < 1.29 is 29.0 Å². The first-order chi connectivity index (χ1) is 12.7. The van der Waals surface area contributed by atoms with E-state index in [0.29, 0.717) is 0 Å². The number of ether oxygens (including phenoxy) is 2. The van der Waals surface area contributed by atoms with Crippen LogP contribution in [0.3, 0.4) is 0 Å². The number of nitrogens with one attached hydrogen (secondary N) is 2. The molecule has 8 heteroatoms. The lowest BCUT2D eigenvalue weighted by molar-refractivity contribution is -0.157. The highest BCUT2D eigenvalue weighted by molar-refractivity contribution is 5.77. The van der Waals surface area contributed by atoms with Gasteiger partial charge in [-0.2, -0.15) is 0 Å². The summed E-state index contributed by atoms with van der Waals surface area (Å²) in [6.07, 6.45) is 2.75. The molecule has 0 aliphatic heterocycles. The van der Waals surface area contributed by atoms with Crippen molar-refractivity contribution in [1.82, 2.24) is 10.6 Å². The Bertz CT molecular complexity index is 542. The molecule has 28 heavy (non-hydrogen) atoms. The number of rotatable bonds is 7. The molecule has 1 unspecified atom stereocenters. The molecule has 3 N–H and O–H groups in total. The SMILES string of the molecule is CC(C)(C)OC(=O)NCC(N[C@H]1CC[C@H](CC(=O)O)CC1)C(=O)OC(C)(C)C. The quantitative estimate of drug-likeness (QED) is 0.563. The largest absolute Gasteiger partial charge is 0.481 e. The molecule has 0 heterocycles. The molecular weight excluding hydrogens is 364 g/mol. The normalized spacial score (nSPS) is 21.5. The Balaban J connectivity index is 2.64. The van der Waals surface area contributed by atoms with Gasteiger partial charge in [0.15, 0.2) is 0 Å². The van der Waals surface area contributed by atoms with E-state index in [1.807, 2.05) is 0 Å². The van der Waals surface area contributed by atoms with Crippen molar-refractivity contribution in [1.29, 1.82) is 0 Å². The number of esters is 1. The van der Waals surface area contributed by atoms with Crippen molar-refractivity contribution >= 4 is 18.0 Å². The predicted molar refractivity (Wildman–Crippen MR) is 105 cm³/mol. The molecule has 1 aliphatic carbocycles. The van der Waals surface area contributed by atoms with Crippen LogP contribution in [0.15, 0.2) is 0 Å². The third kappa shape index (κ3) is 10.5. The van der Waals surface area contributed by atoms with E-state index < -0.39 is 35.3 Å². The van der Waals surface area contributed by atoms with Crippen LogP contribution < -0.4 is 10.6 Å². The van der Waals surface area contributed by atoms with Gasteiger partial charge in [0, 0.05) is 19.0 Å². The Kier molecular flexibility index (Phi) is 8.73. The molecule has 8 nitrogen and oxygen atoms in total. The minimum Gasteiger partial charge on any atom is -0.481 e. The highest BCUT2D eigenvalue weighted by atomic mass is 16.6. The average Bonchev–Trinajstić information content (AvgIpc) is 2.49. The van der Waals surface area contributed by atoms with Gasteiger partial charge >= 0.3 is 18.0 Å². The number of carboxylic acid groups (broad SMARTS) is 1. The molecule has 162 valence electrons. The van der Waals surface area contributed by atoms with Gasteiger partial charge in [0.1, 0.15) is 17.2 Å². The molecule has 1 fully saturated rings. The maximum atomic E-state index is 12.6. The molecule has 1 atom stereocenters. The summed E-state index contributed by atoms with van der Waals surface area (Å²) >= 11 is 0. The Morgan fingerprint density at radius 2 is 1.50 bits per heavy atom. The predicted octanol–water partition coefficient (Wildman–Crippen LogP) is 2.84. The Morgan fingerprint density at radius 1 is 0.964 bits per heavy atom. The number of carboxylic acids is 1. The highest BCUT2D eigenvalue weighted by Crippen LogP contribution is 2.27. The van der Waals surface area contributed by atoms with Gasteiger partial charge in [0.05, 0.1) is 0 Å². The number of hydrogen-bond acceptors (Lipinski definition) is 6. The lowest BCUT2D eigenvalue weighted by Crippen LogP contribution is -2.53. The summed E-state index contributed by atoms with van der Waals surface area (Å²) in [4.78, 5) is 35.4. The summed E-state index contributed by atoms with van der Waals surface area (Å²) in [5.74, 6) is -1.03. The van der Waals surface area contributed by atoms with E-state index in [2.05, 4.69) is 10.6 Å². The van der Waals surface area contributed by atoms with Gasteiger partial charge in [-0.25, -0.2) is 4.79 Å². The number of aliphatic carboxylic acids is 1. The van der Waals surface area contributed by atoms with Gasteiger partial charge in [-0.1, -0.05) is 0 Å². The number of carbonyl (C=O) groups is 3. The van der Waals surface area contributed by atoms with Crippen molar-refractivity contribution in [3.63, 3.8) is 0 Å². The molecular formula is C20H36N2O6. The Morgan fingerprint density at radius 3 is 1.96 bits per heavy atom. The third-order valence-electron chi connectivity index (χ3n) is 4.29. The van der Waals surface area contributed by atoms with Gasteiger partial charge in [-0.15, -0.1) is 0 Å². The van der Waals surface area contributed by atoms with Crippen LogP contribution in [0, 0.1) is 5.92 Å². The standard InChI is InChI=1S/C20H36N2O6/c1-19(2,3)27-17(25)15(12-21-18(26)28-20(4,5)6)22-14-9-7-13(8-10-14)11-16(23)24/h13-15,22H,7-12H2,1-6H3,(H,21,26)(H,23,24)/t13-,14-,15?. The van der Waals surface area contributed by atoms with Crippen LogP contribution in [-0.2, 0) is 19.1 Å². The molecule has 1 rings (SSSR count). The van der Waals surface area contributed by atoms with Crippen LogP contribution >= 0.6 is 0 Å². The first-order valence-corrected chi connectivity index (χ1v) is 9.93. The molecule has 0 radical (unpaired) electrons. The van der Waals surface area contributed by atoms with Gasteiger partial charge in [0.2, 0.25) is 0 Å². The van der Waals surface area contributed by atoms with Crippen molar-refractivity contribution in [2.24, 2.45) is 5.92 Å². The summed E-state index contributed by atoms with van der Waals surface area (Å²) in [5, 5.41) is 14.8. The molecule has 0 aromatic carbocycles. The second-order valence-electron chi connectivity index (χ2n) is 9.45. The first-order valence-electron chi connectivity index (χ1n) is 9.93. The fourth-order valence-electron chi connectivity index (χ4n) is 3.15. The van der Waals surface area contributed by atoms with Crippen molar-refractivity contribution in [3.05, 3.63) is 0 Å². The third-order valence-corrected chi connectivity index (χ3v) is 4.29. The van der Waals surface area contributed by atoms with Crippen molar-refractivity contribution in [2.45, 2.75) is 96.9 Å². The van der Waals surface area contributed by atoms with Gasteiger partial charge in [-0.05, 0) is 73.1 Å². The summed E-state index contributed by atoms with van der Waals surface area (Å²) in [6, 6.07) is -0.629. The van der Waals surface area contributed by atoms with E-state index in [0.717, 1.165) is 25.7 Å². The zero-order valence-corrected chi connectivity index (χ0v) is 18.0. The molecule has 0 spiro atoms. The van der Waals surface area contributed by atoms with E-state index in [-0.39, 0.29) is 24.9 Å². The first kappa shape index (κ1) is 24.2. The van der Waals surface area contributed by atoms with Crippen LogP contribution in [0.1, 0.15) is 73.6 Å². The summed E-state index contributed by atoms with van der Waals surface area (Å²) in [6.45, 7) is 10.7. The Hall–Kier alpha value is -1.83. The van der Waals surface area contributed by atoms with Crippen LogP contribution in [-0.4, -0.2) is 53.0 Å². The topological polar surface area (TPSA) is 114 Å². The molecule has 0 saturated heterocycles. The maximum Gasteiger partial charge on any atom is 0.407 e. The number of amides is 1. The zero-order chi connectivity index (χ0) is 21.5. The van der Waals surface area contributed by atoms with Crippen molar-refractivity contribution in [3.8, 4) is 0 Å². The van der Waals surface area contributed by atoms with Crippen LogP contribution in [0.5, 0.6) is 0 Å². The van der Waals surface area contributed by atoms with E-state index >= 15 is 0 Å². The second kappa shape index (κ2) is 10.1. The molecule has 0 aromatic rings. The lowest BCUT2D eigenvalue weighted by atomic mass is 9.84. The number of carbonyl (C=O) groups excluding carboxylic acids is 2. The smallest absolute Gasteiger partial charge is 0.407 e. The molecule has 0 aromatic heterocycles. The van der Waals surface area contributed by atoms with Gasteiger partial charge in [0.25, 0.3) is 0 Å². The van der Waals surface area contributed by atoms with Crippen LogP contribution in [0.25, 0.3) is 0 Å². The minimum atomic E-state index is -0.774. The van der Waals surface area contributed by atoms with Crippen LogP contribution in [0.4, 0.5) is 4.79 Å².